The van der Waals surface area contributed by atoms with Gasteiger partial charge in [-0.25, -0.2) is 9.79 Å². The van der Waals surface area contributed by atoms with Gasteiger partial charge in [-0.2, -0.15) is 0 Å². The van der Waals surface area contributed by atoms with Crippen molar-refractivity contribution >= 4 is 74.7 Å². The van der Waals surface area contributed by atoms with Gasteiger partial charge in [-0.1, -0.05) is 23.7 Å². The predicted molar refractivity (Wildman–Crippen MR) is 146 cm³/mol. The fraction of sp³-hybridized carbons (Fsp3) is 0.120. The summed E-state index contributed by atoms with van der Waals surface area (Å²) in [5.41, 5.74) is 3.79. The number of halogens is 3. The van der Waals surface area contributed by atoms with Crippen molar-refractivity contribution in [2.24, 2.45) is 4.99 Å². The lowest BCUT2D eigenvalue weighted by Crippen LogP contribution is -2.05. The largest absolute Gasteiger partial charge is 0.493 e. The van der Waals surface area contributed by atoms with Crippen LogP contribution in [0.4, 0.5) is 0 Å². The molecular weight excluding hydrogens is 668 g/mol. The second-order valence-corrected chi connectivity index (χ2v) is 10.0. The average molecular weight is 686 g/mol. The lowest BCUT2D eigenvalue weighted by atomic mass is 10.1. The molecule has 1 heterocycles. The number of carbonyl (C=O) groups is 1. The predicted octanol–water partition coefficient (Wildman–Crippen LogP) is 6.79. The lowest BCUT2D eigenvalue weighted by Gasteiger charge is -2.14. The Balaban J connectivity index is 1.59. The SMILES string of the molecule is COc1cc(/C=C2\N=C(c3ccc(I)c(C)c3)OC2=O)cc(I)c1OCc1cccc(Cl)c1. The number of nitrogens with zero attached hydrogens (tertiary/aromatic N) is 1. The zero-order valence-electron chi connectivity index (χ0n) is 17.7. The maximum absolute atomic E-state index is 12.4. The highest BCUT2D eigenvalue weighted by Crippen LogP contribution is 2.35. The molecule has 0 fully saturated rings. The van der Waals surface area contributed by atoms with Crippen molar-refractivity contribution in [1.82, 2.24) is 0 Å². The van der Waals surface area contributed by atoms with E-state index in [1.54, 1.807) is 19.3 Å². The van der Waals surface area contributed by atoms with Crippen LogP contribution in [0, 0.1) is 14.1 Å². The number of hydrogen-bond donors (Lipinski definition) is 0. The Morgan fingerprint density at radius 1 is 1.09 bits per heavy atom. The highest BCUT2D eigenvalue weighted by molar-refractivity contribution is 14.1. The fourth-order valence-corrected chi connectivity index (χ4v) is 4.54. The third-order valence-corrected chi connectivity index (χ3v) is 7.10. The van der Waals surface area contributed by atoms with Crippen LogP contribution in [0.3, 0.4) is 0 Å². The van der Waals surface area contributed by atoms with E-state index in [4.69, 9.17) is 25.8 Å². The molecule has 3 aromatic carbocycles. The summed E-state index contributed by atoms with van der Waals surface area (Å²) >= 11 is 10.5. The first kappa shape index (κ1) is 24.0. The molecule has 5 nitrogen and oxygen atoms in total. The van der Waals surface area contributed by atoms with E-state index in [-0.39, 0.29) is 5.70 Å². The third kappa shape index (κ3) is 5.70. The molecule has 168 valence electrons. The summed E-state index contributed by atoms with van der Waals surface area (Å²) in [6, 6.07) is 17.0. The van der Waals surface area contributed by atoms with E-state index in [1.807, 2.05) is 55.5 Å². The molecule has 3 aromatic rings. The van der Waals surface area contributed by atoms with Crippen LogP contribution in [0.5, 0.6) is 11.5 Å². The first-order valence-electron chi connectivity index (χ1n) is 9.88. The molecule has 33 heavy (non-hydrogen) atoms. The van der Waals surface area contributed by atoms with Crippen LogP contribution >= 0.6 is 56.8 Å². The monoisotopic (exact) mass is 685 g/mol. The Hall–Kier alpha value is -2.11. The van der Waals surface area contributed by atoms with Crippen molar-refractivity contribution in [2.75, 3.05) is 7.11 Å². The minimum Gasteiger partial charge on any atom is -0.493 e. The highest BCUT2D eigenvalue weighted by atomic mass is 127. The first-order chi connectivity index (χ1) is 15.8. The molecule has 1 aliphatic heterocycles. The zero-order chi connectivity index (χ0) is 23.5. The van der Waals surface area contributed by atoms with Crippen LogP contribution in [0.15, 0.2) is 65.3 Å². The zero-order valence-corrected chi connectivity index (χ0v) is 22.8. The number of ether oxygens (including phenoxy) is 3. The van der Waals surface area contributed by atoms with E-state index in [2.05, 4.69) is 50.2 Å². The normalized spacial score (nSPS) is 14.3. The fourth-order valence-electron chi connectivity index (χ4n) is 3.21. The van der Waals surface area contributed by atoms with Gasteiger partial charge in [0.2, 0.25) is 5.90 Å². The smallest absolute Gasteiger partial charge is 0.363 e. The van der Waals surface area contributed by atoms with Crippen molar-refractivity contribution in [1.29, 1.82) is 0 Å². The van der Waals surface area contributed by atoms with E-state index >= 15 is 0 Å². The van der Waals surface area contributed by atoms with Crippen LogP contribution in [-0.2, 0) is 16.1 Å². The van der Waals surface area contributed by atoms with Gasteiger partial charge in [0.1, 0.15) is 6.61 Å². The van der Waals surface area contributed by atoms with E-state index < -0.39 is 5.97 Å². The van der Waals surface area contributed by atoms with E-state index in [0.717, 1.165) is 29.4 Å². The van der Waals surface area contributed by atoms with Gasteiger partial charge in [-0.3, -0.25) is 0 Å². The molecule has 1 aliphatic rings. The summed E-state index contributed by atoms with van der Waals surface area (Å²) in [6.07, 6.45) is 1.68. The molecule has 8 heteroatoms. The van der Waals surface area contributed by atoms with Crippen molar-refractivity contribution in [3.05, 3.63) is 94.7 Å². The Morgan fingerprint density at radius 3 is 2.64 bits per heavy atom. The molecule has 4 rings (SSSR count). The molecule has 0 saturated carbocycles. The molecular formula is C25H18ClI2NO4. The maximum Gasteiger partial charge on any atom is 0.363 e. The van der Waals surface area contributed by atoms with Gasteiger partial charge in [0.25, 0.3) is 0 Å². The van der Waals surface area contributed by atoms with Gasteiger partial charge in [0.05, 0.1) is 10.7 Å². The Morgan fingerprint density at radius 2 is 1.91 bits per heavy atom. The summed E-state index contributed by atoms with van der Waals surface area (Å²) in [5, 5.41) is 0.656. The number of benzene rings is 3. The molecule has 0 unspecified atom stereocenters. The maximum atomic E-state index is 12.4. The number of cyclic esters (lactones) is 1. The number of aryl methyl sites for hydroxylation is 1. The number of methoxy groups -OCH3 is 1. The molecule has 0 N–H and O–H groups in total. The Bertz CT molecular complexity index is 1300. The topological polar surface area (TPSA) is 57.1 Å². The number of rotatable bonds is 6. The second kappa shape index (κ2) is 10.4. The summed E-state index contributed by atoms with van der Waals surface area (Å²) < 4.78 is 18.9. The summed E-state index contributed by atoms with van der Waals surface area (Å²) in [6.45, 7) is 2.35. The minimum absolute atomic E-state index is 0.228. The van der Waals surface area contributed by atoms with Gasteiger partial charge in [-0.15, -0.1) is 0 Å². The number of carbonyl (C=O) groups excluding carboxylic acids is 1. The van der Waals surface area contributed by atoms with Gasteiger partial charge in [0.15, 0.2) is 17.2 Å². The van der Waals surface area contributed by atoms with Crippen LogP contribution in [0.2, 0.25) is 5.02 Å². The first-order valence-corrected chi connectivity index (χ1v) is 12.4. The van der Waals surface area contributed by atoms with Gasteiger partial charge < -0.3 is 14.2 Å². The molecule has 0 aliphatic carbocycles. The Kier molecular flexibility index (Phi) is 7.60. The number of esters is 1. The van der Waals surface area contributed by atoms with Crippen molar-refractivity contribution in [3.63, 3.8) is 0 Å². The molecule has 0 aromatic heterocycles. The number of aliphatic imine (C=N–C) groups is 1. The lowest BCUT2D eigenvalue weighted by molar-refractivity contribution is -0.129. The van der Waals surface area contributed by atoms with E-state index in [1.165, 1.54) is 0 Å². The molecule has 0 radical (unpaired) electrons. The van der Waals surface area contributed by atoms with Crippen LogP contribution < -0.4 is 9.47 Å². The van der Waals surface area contributed by atoms with Gasteiger partial charge in [-0.05, 0) is 117 Å². The summed E-state index contributed by atoms with van der Waals surface area (Å²) in [4.78, 5) is 16.8. The molecule has 0 amide bonds. The summed E-state index contributed by atoms with van der Waals surface area (Å²) in [5.74, 6) is 0.984. The van der Waals surface area contributed by atoms with Crippen LogP contribution in [0.1, 0.15) is 22.3 Å². The van der Waals surface area contributed by atoms with Crippen LogP contribution in [0.25, 0.3) is 6.08 Å². The number of hydrogen-bond acceptors (Lipinski definition) is 5. The van der Waals surface area contributed by atoms with Crippen molar-refractivity contribution in [2.45, 2.75) is 13.5 Å². The quantitative estimate of drug-likeness (QED) is 0.163. The standard InChI is InChI=1S/C25H18ClI2NO4/c1-14-8-17(6-7-19(14)27)24-29-21(25(30)33-24)11-16-10-20(28)23(22(12-16)31-2)32-13-15-4-3-5-18(26)9-15/h3-12H,13H2,1-2H3/b21-11-. The van der Waals surface area contributed by atoms with Gasteiger partial charge >= 0.3 is 5.97 Å². The average Bonchev–Trinajstić information content (AvgIpc) is 3.14. The Labute approximate surface area is 224 Å². The van der Waals surface area contributed by atoms with E-state index in [0.29, 0.717) is 29.0 Å². The minimum atomic E-state index is -0.489. The third-order valence-electron chi connectivity index (χ3n) is 4.85. The second-order valence-electron chi connectivity index (χ2n) is 7.25. The molecule has 0 bridgehead atoms. The summed E-state index contributed by atoms with van der Waals surface area (Å²) in [7, 11) is 1.58. The molecule has 0 atom stereocenters. The van der Waals surface area contributed by atoms with Crippen molar-refractivity contribution in [3.8, 4) is 11.5 Å². The highest BCUT2D eigenvalue weighted by Gasteiger charge is 2.25. The van der Waals surface area contributed by atoms with E-state index in [9.17, 15) is 4.79 Å². The van der Waals surface area contributed by atoms with Gasteiger partial charge in [0, 0.05) is 14.2 Å². The van der Waals surface area contributed by atoms with Crippen LogP contribution in [-0.4, -0.2) is 19.0 Å². The molecule has 0 saturated heterocycles. The molecule has 0 spiro atoms. The van der Waals surface area contributed by atoms with Crippen molar-refractivity contribution < 1.29 is 19.0 Å².